The number of aryl methyl sites for hydroxylation is 1. The fourth-order valence-electron chi connectivity index (χ4n) is 2.07. The highest BCUT2D eigenvalue weighted by molar-refractivity contribution is 5.17. The van der Waals surface area contributed by atoms with Gasteiger partial charge in [-0.2, -0.15) is 0 Å². The summed E-state index contributed by atoms with van der Waals surface area (Å²) in [5.41, 5.74) is 0.729. The van der Waals surface area contributed by atoms with E-state index in [0.29, 0.717) is 18.7 Å². The van der Waals surface area contributed by atoms with Crippen LogP contribution in [-0.4, -0.2) is 17.7 Å². The molecule has 108 valence electrons. The Morgan fingerprint density at radius 2 is 2.05 bits per heavy atom. The summed E-state index contributed by atoms with van der Waals surface area (Å²) in [5, 5.41) is 13.1. The van der Waals surface area contributed by atoms with Crippen molar-refractivity contribution >= 4 is 0 Å². The van der Waals surface area contributed by atoms with Gasteiger partial charge in [-0.05, 0) is 43.5 Å². The van der Waals surface area contributed by atoms with Gasteiger partial charge >= 0.3 is 0 Å². The zero-order valence-electron chi connectivity index (χ0n) is 11.6. The molecule has 2 rings (SSSR count). The van der Waals surface area contributed by atoms with E-state index in [0.717, 1.165) is 12.0 Å². The molecule has 0 unspecified atom stereocenters. The highest BCUT2D eigenvalue weighted by atomic mass is 19.1. The minimum absolute atomic E-state index is 0.157. The van der Waals surface area contributed by atoms with Crippen LogP contribution in [0.15, 0.2) is 47.1 Å². The Balaban J connectivity index is 1.73. The molecule has 1 aromatic carbocycles. The van der Waals surface area contributed by atoms with Crippen LogP contribution >= 0.6 is 0 Å². The molecule has 1 aromatic heterocycles. The molecule has 0 saturated heterocycles. The maximum absolute atomic E-state index is 13.5. The molecule has 0 aliphatic rings. The molecule has 0 saturated carbocycles. The van der Waals surface area contributed by atoms with E-state index in [9.17, 15) is 9.50 Å². The minimum atomic E-state index is -0.652. The molecule has 4 heteroatoms. The number of furan rings is 1. The maximum Gasteiger partial charge on any atom is 0.133 e. The molecule has 0 spiro atoms. The molecule has 20 heavy (non-hydrogen) atoms. The van der Waals surface area contributed by atoms with Gasteiger partial charge in [0, 0.05) is 12.6 Å². The standard InChI is InChI=1S/C16H20FNO2/c1-12(8-9-13-5-2-3-6-14(13)17)18-11-15(19)16-7-4-10-20-16/h2-7,10,12,15,18-19H,8-9,11H2,1H3/t12-,15-/m0/s1. The van der Waals surface area contributed by atoms with Crippen LogP contribution in [0.1, 0.15) is 30.8 Å². The van der Waals surface area contributed by atoms with Crippen molar-refractivity contribution in [3.8, 4) is 0 Å². The largest absolute Gasteiger partial charge is 0.467 e. The second kappa shape index (κ2) is 7.22. The van der Waals surface area contributed by atoms with Crippen molar-refractivity contribution in [1.82, 2.24) is 5.32 Å². The van der Waals surface area contributed by atoms with E-state index >= 15 is 0 Å². The van der Waals surface area contributed by atoms with E-state index in [4.69, 9.17) is 4.42 Å². The Morgan fingerprint density at radius 1 is 1.25 bits per heavy atom. The predicted octanol–water partition coefficient (Wildman–Crippen LogP) is 3.06. The molecular weight excluding hydrogens is 257 g/mol. The van der Waals surface area contributed by atoms with Gasteiger partial charge in [-0.25, -0.2) is 4.39 Å². The van der Waals surface area contributed by atoms with Crippen LogP contribution < -0.4 is 5.32 Å². The lowest BCUT2D eigenvalue weighted by Gasteiger charge is -2.16. The zero-order chi connectivity index (χ0) is 14.4. The second-order valence-electron chi connectivity index (χ2n) is 4.97. The summed E-state index contributed by atoms with van der Waals surface area (Å²) >= 11 is 0. The van der Waals surface area contributed by atoms with Crippen LogP contribution in [0.2, 0.25) is 0 Å². The summed E-state index contributed by atoms with van der Waals surface area (Å²) in [4.78, 5) is 0. The third-order valence-corrected chi connectivity index (χ3v) is 3.34. The van der Waals surface area contributed by atoms with Gasteiger partial charge < -0.3 is 14.8 Å². The first-order valence-corrected chi connectivity index (χ1v) is 6.85. The van der Waals surface area contributed by atoms with E-state index in [1.165, 1.54) is 6.07 Å². The van der Waals surface area contributed by atoms with Gasteiger partial charge in [-0.15, -0.1) is 0 Å². The van der Waals surface area contributed by atoms with Crippen LogP contribution in [0.25, 0.3) is 0 Å². The number of rotatable bonds is 7. The van der Waals surface area contributed by atoms with Gasteiger partial charge in [0.1, 0.15) is 17.7 Å². The molecule has 0 amide bonds. The van der Waals surface area contributed by atoms with Gasteiger partial charge in [0.2, 0.25) is 0 Å². The van der Waals surface area contributed by atoms with Crippen molar-refractivity contribution in [2.24, 2.45) is 0 Å². The lowest BCUT2D eigenvalue weighted by atomic mass is 10.1. The topological polar surface area (TPSA) is 45.4 Å². The van der Waals surface area contributed by atoms with Crippen molar-refractivity contribution in [3.05, 3.63) is 59.8 Å². The van der Waals surface area contributed by atoms with Gasteiger partial charge in [0.25, 0.3) is 0 Å². The van der Waals surface area contributed by atoms with Crippen molar-refractivity contribution in [2.75, 3.05) is 6.54 Å². The van der Waals surface area contributed by atoms with Crippen molar-refractivity contribution < 1.29 is 13.9 Å². The SMILES string of the molecule is C[C@@H](CCc1ccccc1F)NC[C@H](O)c1ccco1. The van der Waals surface area contributed by atoms with Crippen LogP contribution in [-0.2, 0) is 6.42 Å². The number of hydrogen-bond donors (Lipinski definition) is 2. The van der Waals surface area contributed by atoms with E-state index in [-0.39, 0.29) is 11.9 Å². The predicted molar refractivity (Wildman–Crippen MR) is 75.9 cm³/mol. The number of hydrogen-bond acceptors (Lipinski definition) is 3. The number of benzene rings is 1. The van der Waals surface area contributed by atoms with Crippen molar-refractivity contribution in [2.45, 2.75) is 31.9 Å². The van der Waals surface area contributed by atoms with E-state index < -0.39 is 6.10 Å². The molecule has 2 atom stereocenters. The third kappa shape index (κ3) is 4.18. The first-order valence-electron chi connectivity index (χ1n) is 6.85. The van der Waals surface area contributed by atoms with Crippen LogP contribution in [0.5, 0.6) is 0 Å². The summed E-state index contributed by atoms with van der Waals surface area (Å²) in [6.07, 6.45) is 2.38. The molecule has 0 aliphatic carbocycles. The molecular formula is C16H20FNO2. The summed E-state index contributed by atoms with van der Waals surface area (Å²) in [5.74, 6) is 0.397. The lowest BCUT2D eigenvalue weighted by molar-refractivity contribution is 0.143. The van der Waals surface area contributed by atoms with E-state index in [1.807, 2.05) is 13.0 Å². The maximum atomic E-state index is 13.5. The molecule has 2 aromatic rings. The molecule has 0 radical (unpaired) electrons. The van der Waals surface area contributed by atoms with E-state index in [2.05, 4.69) is 5.32 Å². The van der Waals surface area contributed by atoms with Crippen molar-refractivity contribution in [1.29, 1.82) is 0 Å². The highest BCUT2D eigenvalue weighted by Crippen LogP contribution is 2.13. The van der Waals surface area contributed by atoms with E-state index in [1.54, 1.807) is 30.5 Å². The third-order valence-electron chi connectivity index (χ3n) is 3.34. The molecule has 2 N–H and O–H groups in total. The zero-order valence-corrected chi connectivity index (χ0v) is 11.6. The molecule has 3 nitrogen and oxygen atoms in total. The summed E-state index contributed by atoms with van der Waals surface area (Å²) < 4.78 is 18.6. The lowest BCUT2D eigenvalue weighted by Crippen LogP contribution is -2.30. The number of halogens is 1. The fourth-order valence-corrected chi connectivity index (χ4v) is 2.07. The van der Waals surface area contributed by atoms with Gasteiger partial charge in [-0.3, -0.25) is 0 Å². The second-order valence-corrected chi connectivity index (χ2v) is 4.97. The fraction of sp³-hybridized carbons (Fsp3) is 0.375. The molecule has 0 fully saturated rings. The Bertz CT molecular complexity index is 513. The number of aliphatic hydroxyl groups is 1. The molecule has 0 bridgehead atoms. The average molecular weight is 277 g/mol. The summed E-state index contributed by atoms with van der Waals surface area (Å²) in [7, 11) is 0. The van der Waals surface area contributed by atoms with Crippen LogP contribution in [0.3, 0.4) is 0 Å². The smallest absolute Gasteiger partial charge is 0.133 e. The quantitative estimate of drug-likeness (QED) is 0.817. The molecule has 1 heterocycles. The number of nitrogens with one attached hydrogen (secondary N) is 1. The first kappa shape index (κ1) is 14.8. The molecule has 0 aliphatic heterocycles. The minimum Gasteiger partial charge on any atom is -0.467 e. The Kier molecular flexibility index (Phi) is 5.32. The Labute approximate surface area is 118 Å². The first-order chi connectivity index (χ1) is 9.66. The highest BCUT2D eigenvalue weighted by Gasteiger charge is 2.12. The van der Waals surface area contributed by atoms with Gasteiger partial charge in [-0.1, -0.05) is 18.2 Å². The number of aliphatic hydroxyl groups excluding tert-OH is 1. The summed E-state index contributed by atoms with van der Waals surface area (Å²) in [6.45, 7) is 2.45. The monoisotopic (exact) mass is 277 g/mol. The van der Waals surface area contributed by atoms with Gasteiger partial charge in [0.15, 0.2) is 0 Å². The average Bonchev–Trinajstić information content (AvgIpc) is 2.98. The van der Waals surface area contributed by atoms with Crippen molar-refractivity contribution in [3.63, 3.8) is 0 Å². The van der Waals surface area contributed by atoms with Crippen LogP contribution in [0, 0.1) is 5.82 Å². The Hall–Kier alpha value is -1.65. The normalized spacial score (nSPS) is 14.2. The Morgan fingerprint density at radius 3 is 2.75 bits per heavy atom. The van der Waals surface area contributed by atoms with Gasteiger partial charge in [0.05, 0.1) is 6.26 Å². The van der Waals surface area contributed by atoms with Crippen LogP contribution in [0.4, 0.5) is 4.39 Å². The summed E-state index contributed by atoms with van der Waals surface area (Å²) in [6, 6.07) is 10.5.